The van der Waals surface area contributed by atoms with Gasteiger partial charge in [0.15, 0.2) is 0 Å². The number of thiophene rings is 1. The van der Waals surface area contributed by atoms with E-state index in [0.29, 0.717) is 10.9 Å². The lowest BCUT2D eigenvalue weighted by molar-refractivity contribution is 0.0702. The van der Waals surface area contributed by atoms with E-state index >= 15 is 0 Å². The molecule has 1 aromatic heterocycles. The van der Waals surface area contributed by atoms with Crippen LogP contribution in [0.5, 0.6) is 0 Å². The van der Waals surface area contributed by atoms with Gasteiger partial charge in [0.05, 0.1) is 0 Å². The lowest BCUT2D eigenvalue weighted by Crippen LogP contribution is -2.29. The first-order valence-corrected chi connectivity index (χ1v) is 7.89. The molecule has 0 saturated heterocycles. The molecule has 21 heavy (non-hydrogen) atoms. The maximum Gasteiger partial charge on any atom is 0.345 e. The number of hydrogen-bond acceptors (Lipinski definition) is 3. The van der Waals surface area contributed by atoms with Crippen molar-refractivity contribution in [1.82, 2.24) is 4.90 Å². The Morgan fingerprint density at radius 3 is 2.43 bits per heavy atom. The second-order valence-electron chi connectivity index (χ2n) is 5.48. The Labute approximate surface area is 129 Å². The summed E-state index contributed by atoms with van der Waals surface area (Å²) >= 11 is 1.36. The fourth-order valence-corrected chi connectivity index (χ4v) is 3.11. The van der Waals surface area contributed by atoms with Crippen molar-refractivity contribution in [1.29, 1.82) is 0 Å². The van der Waals surface area contributed by atoms with Gasteiger partial charge >= 0.3 is 5.97 Å². The van der Waals surface area contributed by atoms with E-state index < -0.39 is 5.97 Å². The molecule has 2 rings (SSSR count). The van der Waals surface area contributed by atoms with E-state index in [0.717, 1.165) is 23.5 Å². The Balaban J connectivity index is 2.15. The molecule has 0 atom stereocenters. The number of carboxylic acids is 1. The fourth-order valence-electron chi connectivity index (χ4n) is 2.24. The zero-order valence-corrected chi connectivity index (χ0v) is 13.5. The predicted molar refractivity (Wildman–Crippen MR) is 86.8 cm³/mol. The molecule has 112 valence electrons. The standard InChI is InChI=1S/C17H21NO2S/c1-12(2)18(10-14-7-5-4-6-8-14)11-15-9-16(17(19)20)21-13(15)3/h4-9,12H,10-11H2,1-3H3,(H,19,20). The molecular weight excluding hydrogens is 282 g/mol. The highest BCUT2D eigenvalue weighted by Crippen LogP contribution is 2.24. The molecular formula is C17H21NO2S. The van der Waals surface area contributed by atoms with Crippen LogP contribution in [-0.2, 0) is 13.1 Å². The maximum absolute atomic E-state index is 11.1. The number of nitrogens with zero attached hydrogens (tertiary/aromatic N) is 1. The van der Waals surface area contributed by atoms with Crippen LogP contribution >= 0.6 is 11.3 Å². The molecule has 1 heterocycles. The van der Waals surface area contributed by atoms with E-state index in [9.17, 15) is 4.79 Å². The van der Waals surface area contributed by atoms with Gasteiger partial charge in [0.25, 0.3) is 0 Å². The van der Waals surface area contributed by atoms with Gasteiger partial charge < -0.3 is 5.11 Å². The van der Waals surface area contributed by atoms with Crippen molar-refractivity contribution >= 4 is 17.3 Å². The fraction of sp³-hybridized carbons (Fsp3) is 0.353. The van der Waals surface area contributed by atoms with Crippen molar-refractivity contribution in [2.45, 2.75) is 39.9 Å². The van der Waals surface area contributed by atoms with E-state index in [2.05, 4.69) is 30.9 Å². The molecule has 0 aliphatic rings. The Hall–Kier alpha value is -1.65. The van der Waals surface area contributed by atoms with Gasteiger partial charge in [0, 0.05) is 24.0 Å². The highest BCUT2D eigenvalue weighted by molar-refractivity contribution is 7.14. The zero-order valence-electron chi connectivity index (χ0n) is 12.7. The smallest absolute Gasteiger partial charge is 0.345 e. The topological polar surface area (TPSA) is 40.5 Å². The number of aryl methyl sites for hydroxylation is 1. The summed E-state index contributed by atoms with van der Waals surface area (Å²) in [4.78, 5) is 14.9. The van der Waals surface area contributed by atoms with Gasteiger partial charge in [-0.15, -0.1) is 11.3 Å². The van der Waals surface area contributed by atoms with Gasteiger partial charge in [-0.3, -0.25) is 4.90 Å². The first-order chi connectivity index (χ1) is 9.97. The molecule has 0 bridgehead atoms. The monoisotopic (exact) mass is 303 g/mol. The molecule has 0 amide bonds. The molecule has 0 unspecified atom stereocenters. The lowest BCUT2D eigenvalue weighted by Gasteiger charge is -2.26. The van der Waals surface area contributed by atoms with Crippen molar-refractivity contribution in [3.8, 4) is 0 Å². The first-order valence-electron chi connectivity index (χ1n) is 7.08. The van der Waals surface area contributed by atoms with Crippen LogP contribution in [0.1, 0.15) is 39.5 Å². The van der Waals surface area contributed by atoms with Crippen molar-refractivity contribution in [2.24, 2.45) is 0 Å². The van der Waals surface area contributed by atoms with Crippen LogP contribution in [-0.4, -0.2) is 22.0 Å². The molecule has 0 saturated carbocycles. The van der Waals surface area contributed by atoms with Crippen molar-refractivity contribution in [3.05, 3.63) is 57.3 Å². The third-order valence-electron chi connectivity index (χ3n) is 3.56. The molecule has 1 aromatic carbocycles. The van der Waals surface area contributed by atoms with Gasteiger partial charge in [-0.25, -0.2) is 4.79 Å². The van der Waals surface area contributed by atoms with Gasteiger partial charge in [-0.05, 0) is 38.0 Å². The van der Waals surface area contributed by atoms with E-state index in [1.165, 1.54) is 16.9 Å². The molecule has 0 aliphatic carbocycles. The predicted octanol–water partition coefficient (Wildman–Crippen LogP) is 4.17. The molecule has 0 aliphatic heterocycles. The second-order valence-corrected chi connectivity index (χ2v) is 6.74. The third-order valence-corrected chi connectivity index (χ3v) is 4.64. The van der Waals surface area contributed by atoms with Crippen LogP contribution in [0.25, 0.3) is 0 Å². The summed E-state index contributed by atoms with van der Waals surface area (Å²) in [5, 5.41) is 9.10. The Kier molecular flexibility index (Phi) is 5.15. The maximum atomic E-state index is 11.1. The lowest BCUT2D eigenvalue weighted by atomic mass is 10.1. The zero-order chi connectivity index (χ0) is 15.4. The summed E-state index contributed by atoms with van der Waals surface area (Å²) in [6.45, 7) is 7.98. The molecule has 3 nitrogen and oxygen atoms in total. The van der Waals surface area contributed by atoms with Crippen LogP contribution in [0.2, 0.25) is 0 Å². The molecule has 2 aromatic rings. The number of benzene rings is 1. The summed E-state index contributed by atoms with van der Waals surface area (Å²) in [5.41, 5.74) is 2.39. The third kappa shape index (κ3) is 4.16. The normalized spacial score (nSPS) is 11.3. The van der Waals surface area contributed by atoms with Crippen LogP contribution in [0.15, 0.2) is 36.4 Å². The highest BCUT2D eigenvalue weighted by atomic mass is 32.1. The minimum atomic E-state index is -0.839. The second kappa shape index (κ2) is 6.87. The molecule has 0 fully saturated rings. The van der Waals surface area contributed by atoms with Gasteiger partial charge in [0.1, 0.15) is 4.88 Å². The minimum Gasteiger partial charge on any atom is -0.477 e. The van der Waals surface area contributed by atoms with Gasteiger partial charge in [-0.1, -0.05) is 30.3 Å². The average molecular weight is 303 g/mol. The number of rotatable bonds is 6. The minimum absolute atomic E-state index is 0.401. The quantitative estimate of drug-likeness (QED) is 0.871. The molecule has 0 radical (unpaired) electrons. The van der Waals surface area contributed by atoms with Crippen LogP contribution in [0, 0.1) is 6.92 Å². The Bertz CT molecular complexity index is 605. The summed E-state index contributed by atoms with van der Waals surface area (Å²) in [7, 11) is 0. The molecule has 4 heteroatoms. The van der Waals surface area contributed by atoms with E-state index in [4.69, 9.17) is 5.11 Å². The SMILES string of the molecule is Cc1sc(C(=O)O)cc1CN(Cc1ccccc1)C(C)C. The number of hydrogen-bond donors (Lipinski definition) is 1. The number of carboxylic acid groups (broad SMARTS) is 1. The Morgan fingerprint density at radius 1 is 1.24 bits per heavy atom. The van der Waals surface area contributed by atoms with E-state index in [1.54, 1.807) is 0 Å². The largest absolute Gasteiger partial charge is 0.477 e. The summed E-state index contributed by atoms with van der Waals surface area (Å²) < 4.78 is 0. The number of aromatic carboxylic acids is 1. The molecule has 0 spiro atoms. The van der Waals surface area contributed by atoms with Crippen molar-refractivity contribution in [3.63, 3.8) is 0 Å². The number of carbonyl (C=O) groups is 1. The van der Waals surface area contributed by atoms with Crippen LogP contribution in [0.4, 0.5) is 0 Å². The first kappa shape index (κ1) is 15.7. The van der Waals surface area contributed by atoms with Crippen molar-refractivity contribution < 1.29 is 9.90 Å². The Morgan fingerprint density at radius 2 is 1.90 bits per heavy atom. The van der Waals surface area contributed by atoms with Crippen LogP contribution in [0.3, 0.4) is 0 Å². The highest BCUT2D eigenvalue weighted by Gasteiger charge is 2.16. The summed E-state index contributed by atoms with van der Waals surface area (Å²) in [6.07, 6.45) is 0. The summed E-state index contributed by atoms with van der Waals surface area (Å²) in [5.74, 6) is -0.839. The van der Waals surface area contributed by atoms with Crippen molar-refractivity contribution in [2.75, 3.05) is 0 Å². The summed E-state index contributed by atoms with van der Waals surface area (Å²) in [6, 6.07) is 12.6. The van der Waals surface area contributed by atoms with Gasteiger partial charge in [-0.2, -0.15) is 0 Å². The van der Waals surface area contributed by atoms with E-state index in [1.807, 2.05) is 31.2 Å². The average Bonchev–Trinajstić information content (AvgIpc) is 2.81. The van der Waals surface area contributed by atoms with E-state index in [-0.39, 0.29) is 0 Å². The van der Waals surface area contributed by atoms with Crippen LogP contribution < -0.4 is 0 Å². The molecule has 1 N–H and O–H groups in total. The van der Waals surface area contributed by atoms with Gasteiger partial charge in [0.2, 0.25) is 0 Å².